The van der Waals surface area contributed by atoms with Gasteiger partial charge in [0, 0.05) is 57.0 Å². The van der Waals surface area contributed by atoms with E-state index in [-0.39, 0.29) is 17.4 Å². The van der Waals surface area contributed by atoms with Gasteiger partial charge in [0.2, 0.25) is 0 Å². The zero-order valence-corrected chi connectivity index (χ0v) is 14.7. The summed E-state index contributed by atoms with van der Waals surface area (Å²) < 4.78 is 3.87. The second-order valence-electron chi connectivity index (χ2n) is 7.08. The minimum absolute atomic E-state index is 0.0355. The molecule has 0 saturated carbocycles. The molecule has 0 N–H and O–H groups in total. The highest BCUT2D eigenvalue weighted by Gasteiger charge is 2.30. The van der Waals surface area contributed by atoms with Gasteiger partial charge in [-0.05, 0) is 26.2 Å². The lowest BCUT2D eigenvalue weighted by Crippen LogP contribution is -2.40. The smallest absolute Gasteiger partial charge is 0.273 e. The summed E-state index contributed by atoms with van der Waals surface area (Å²) in [5.41, 5.74) is 2.32. The number of hydrogen-bond acceptors (Lipinski definition) is 4. The Kier molecular flexibility index (Phi) is 3.94. The van der Waals surface area contributed by atoms with Crippen LogP contribution in [-0.2, 0) is 20.0 Å². The van der Waals surface area contributed by atoms with E-state index in [1.807, 2.05) is 18.9 Å². The molecule has 132 valence electrons. The molecule has 0 aliphatic carbocycles. The van der Waals surface area contributed by atoms with E-state index >= 15 is 0 Å². The van der Waals surface area contributed by atoms with Crippen LogP contribution < -0.4 is 5.56 Å². The first-order valence-corrected chi connectivity index (χ1v) is 8.93. The summed E-state index contributed by atoms with van der Waals surface area (Å²) in [5.74, 6) is 1.13. The first-order chi connectivity index (χ1) is 12.0. The minimum Gasteiger partial charge on any atom is -0.338 e. The van der Waals surface area contributed by atoms with Crippen molar-refractivity contribution in [2.75, 3.05) is 13.1 Å². The summed E-state index contributed by atoms with van der Waals surface area (Å²) in [5, 5.41) is 4.28. The summed E-state index contributed by atoms with van der Waals surface area (Å²) >= 11 is 0. The van der Waals surface area contributed by atoms with Gasteiger partial charge in [0.15, 0.2) is 0 Å². The van der Waals surface area contributed by atoms with Crippen LogP contribution in [-0.4, -0.2) is 43.2 Å². The molecule has 2 aromatic heterocycles. The summed E-state index contributed by atoms with van der Waals surface area (Å²) in [6.07, 6.45) is 5.64. The van der Waals surface area contributed by atoms with Gasteiger partial charge in [-0.25, -0.2) is 0 Å². The number of fused-ring (bicyclic) bond motifs is 1. The fourth-order valence-corrected chi connectivity index (χ4v) is 4.14. The van der Waals surface area contributed by atoms with Gasteiger partial charge in [-0.3, -0.25) is 14.3 Å². The molecule has 0 unspecified atom stereocenters. The zero-order valence-electron chi connectivity index (χ0n) is 14.7. The molecule has 0 aromatic carbocycles. The van der Waals surface area contributed by atoms with E-state index in [9.17, 15) is 9.59 Å². The van der Waals surface area contributed by atoms with Crippen molar-refractivity contribution in [3.8, 4) is 0 Å². The number of amides is 1. The Hall–Kier alpha value is -2.44. The van der Waals surface area contributed by atoms with Crippen molar-refractivity contribution >= 4 is 5.91 Å². The number of likely N-dealkylation sites (tertiary alicyclic amines) is 1. The summed E-state index contributed by atoms with van der Waals surface area (Å²) in [7, 11) is 1.83. The molecule has 4 heterocycles. The van der Waals surface area contributed by atoms with Crippen LogP contribution in [0, 0.1) is 6.92 Å². The van der Waals surface area contributed by atoms with Crippen LogP contribution in [0.5, 0.6) is 0 Å². The van der Waals surface area contributed by atoms with Crippen LogP contribution in [0.25, 0.3) is 0 Å². The molecular formula is C18H23N5O2. The number of aromatic nitrogens is 4. The molecule has 4 rings (SSSR count). The number of aryl methyl sites for hydroxylation is 3. The molecule has 0 spiro atoms. The third-order valence-corrected chi connectivity index (χ3v) is 5.29. The summed E-state index contributed by atoms with van der Waals surface area (Å²) in [4.78, 5) is 30.9. The average molecular weight is 341 g/mol. The Balaban J connectivity index is 1.61. The number of carbonyl (C=O) groups excluding carboxylic acids is 1. The van der Waals surface area contributed by atoms with Crippen molar-refractivity contribution in [2.45, 2.75) is 45.1 Å². The Morgan fingerprint density at radius 3 is 2.88 bits per heavy atom. The van der Waals surface area contributed by atoms with Gasteiger partial charge >= 0.3 is 0 Å². The Morgan fingerprint density at radius 2 is 2.12 bits per heavy atom. The molecule has 7 heteroatoms. The molecule has 1 amide bonds. The van der Waals surface area contributed by atoms with Crippen LogP contribution in [0.15, 0.2) is 17.1 Å². The van der Waals surface area contributed by atoms with Gasteiger partial charge in [0.25, 0.3) is 11.5 Å². The maximum absolute atomic E-state index is 12.9. The third-order valence-electron chi connectivity index (χ3n) is 5.29. The van der Waals surface area contributed by atoms with Crippen molar-refractivity contribution in [1.29, 1.82) is 0 Å². The molecule has 2 aromatic rings. The lowest BCUT2D eigenvalue weighted by molar-refractivity contribution is 0.0703. The van der Waals surface area contributed by atoms with Crippen LogP contribution in [0.3, 0.4) is 0 Å². The molecule has 2 aliphatic rings. The largest absolute Gasteiger partial charge is 0.338 e. The molecule has 1 fully saturated rings. The van der Waals surface area contributed by atoms with Crippen LogP contribution in [0.2, 0.25) is 0 Å². The lowest BCUT2D eigenvalue weighted by Gasteiger charge is -2.33. The first-order valence-electron chi connectivity index (χ1n) is 8.93. The van der Waals surface area contributed by atoms with Crippen LogP contribution >= 0.6 is 0 Å². The van der Waals surface area contributed by atoms with Crippen molar-refractivity contribution in [2.24, 2.45) is 7.05 Å². The average Bonchev–Trinajstić information content (AvgIpc) is 3.19. The lowest BCUT2D eigenvalue weighted by atomic mass is 9.93. The second-order valence-corrected chi connectivity index (χ2v) is 7.08. The first kappa shape index (κ1) is 16.1. The van der Waals surface area contributed by atoms with Crippen molar-refractivity contribution in [1.82, 2.24) is 24.2 Å². The maximum atomic E-state index is 12.9. The molecule has 25 heavy (non-hydrogen) atoms. The molecule has 7 nitrogen and oxygen atoms in total. The maximum Gasteiger partial charge on any atom is 0.273 e. The monoisotopic (exact) mass is 341 g/mol. The highest BCUT2D eigenvalue weighted by Crippen LogP contribution is 2.29. The van der Waals surface area contributed by atoms with Gasteiger partial charge in [-0.2, -0.15) is 10.1 Å². The molecule has 1 saturated heterocycles. The summed E-state index contributed by atoms with van der Waals surface area (Å²) in [6.45, 7) is 4.19. The van der Waals surface area contributed by atoms with Crippen molar-refractivity contribution < 1.29 is 4.79 Å². The van der Waals surface area contributed by atoms with E-state index in [0.717, 1.165) is 56.0 Å². The zero-order chi connectivity index (χ0) is 17.6. The number of carbonyl (C=O) groups is 1. The van der Waals surface area contributed by atoms with E-state index < -0.39 is 0 Å². The number of rotatable bonds is 2. The van der Waals surface area contributed by atoms with Crippen molar-refractivity contribution in [3.05, 3.63) is 45.4 Å². The molecule has 0 bridgehead atoms. The van der Waals surface area contributed by atoms with Crippen molar-refractivity contribution in [3.63, 3.8) is 0 Å². The van der Waals surface area contributed by atoms with E-state index in [1.165, 1.54) is 0 Å². The number of piperidine rings is 1. The standard InChI is InChI=1S/C18H23N5O2/c1-12-14(11-21(2)20-12)18(25)22-7-3-5-13(10-22)15-9-17(24)19-16-6-4-8-23(15)16/h9,11,13H,3-8,10H2,1-2H3/t13-/m1/s1. The Bertz CT molecular complexity index is 882. The molecule has 0 radical (unpaired) electrons. The van der Waals surface area contributed by atoms with Gasteiger partial charge in [-0.15, -0.1) is 0 Å². The highest BCUT2D eigenvalue weighted by atomic mass is 16.2. The van der Waals surface area contributed by atoms with Crippen LogP contribution in [0.4, 0.5) is 0 Å². The fraction of sp³-hybridized carbons (Fsp3) is 0.556. The second kappa shape index (κ2) is 6.13. The predicted octanol–water partition coefficient (Wildman–Crippen LogP) is 1.25. The van der Waals surface area contributed by atoms with Gasteiger partial charge < -0.3 is 9.47 Å². The SMILES string of the molecule is Cc1nn(C)cc1C(=O)N1CCC[C@@H](c2cc(=O)nc3n2CCC3)C1. The topological polar surface area (TPSA) is 73.0 Å². The van der Waals surface area contributed by atoms with Gasteiger partial charge in [0.05, 0.1) is 11.3 Å². The van der Waals surface area contributed by atoms with E-state index in [1.54, 1.807) is 16.9 Å². The predicted molar refractivity (Wildman–Crippen MR) is 92.6 cm³/mol. The number of nitrogens with zero attached hydrogens (tertiary/aromatic N) is 5. The molecule has 2 aliphatic heterocycles. The number of hydrogen-bond donors (Lipinski definition) is 0. The Labute approximate surface area is 146 Å². The van der Waals surface area contributed by atoms with E-state index in [0.29, 0.717) is 12.1 Å². The molecule has 1 atom stereocenters. The minimum atomic E-state index is -0.158. The normalized spacial score (nSPS) is 19.9. The quantitative estimate of drug-likeness (QED) is 0.824. The van der Waals surface area contributed by atoms with Crippen LogP contribution in [0.1, 0.15) is 52.8 Å². The summed E-state index contributed by atoms with van der Waals surface area (Å²) in [6, 6.07) is 1.67. The molecular weight excluding hydrogens is 318 g/mol. The van der Waals surface area contributed by atoms with E-state index in [4.69, 9.17) is 0 Å². The highest BCUT2D eigenvalue weighted by molar-refractivity contribution is 5.95. The Morgan fingerprint density at radius 1 is 1.28 bits per heavy atom. The van der Waals surface area contributed by atoms with E-state index in [2.05, 4.69) is 14.6 Å². The van der Waals surface area contributed by atoms with Gasteiger partial charge in [-0.1, -0.05) is 0 Å². The fourth-order valence-electron chi connectivity index (χ4n) is 4.14. The third kappa shape index (κ3) is 2.88. The van der Waals surface area contributed by atoms with Gasteiger partial charge in [0.1, 0.15) is 5.82 Å².